The molecule has 13 heteroatoms. The van der Waals surface area contributed by atoms with Crippen molar-refractivity contribution in [2.45, 2.75) is 0 Å². The van der Waals surface area contributed by atoms with E-state index >= 15 is 0 Å². The molecule has 12 nitrogen and oxygen atoms in total. The van der Waals surface area contributed by atoms with Crippen LogP contribution in [-0.2, 0) is 9.05 Å². The van der Waals surface area contributed by atoms with Crippen LogP contribution in [0.15, 0.2) is 54.6 Å². The zero-order valence-corrected chi connectivity index (χ0v) is 19.3. The van der Waals surface area contributed by atoms with Gasteiger partial charge < -0.3 is 0 Å². The van der Waals surface area contributed by atoms with Gasteiger partial charge in [0, 0.05) is 0 Å². The Morgan fingerprint density at radius 3 is 1.03 bits per heavy atom. The van der Waals surface area contributed by atoms with Gasteiger partial charge in [0.2, 0.25) is 0 Å². The van der Waals surface area contributed by atoms with Gasteiger partial charge in [0.15, 0.2) is 0 Å². The van der Waals surface area contributed by atoms with Crippen molar-refractivity contribution in [3.63, 3.8) is 0 Å². The normalized spacial score (nSPS) is 10.5. The maximum atomic E-state index is 12.5. The first-order chi connectivity index (χ1) is 16.1. The summed E-state index contributed by atoms with van der Waals surface area (Å²) in [5.74, 6) is -8.46. The second-order valence-corrected chi connectivity index (χ2v) is 9.22. The van der Waals surface area contributed by atoms with Gasteiger partial charge in [-0.15, -0.1) is 0 Å². The summed E-state index contributed by atoms with van der Waals surface area (Å²) < 4.78 is 15.0. The third kappa shape index (κ3) is 5.18. The van der Waals surface area contributed by atoms with E-state index in [0.29, 0.717) is 0 Å². The molecule has 0 spiro atoms. The van der Waals surface area contributed by atoms with Crippen molar-refractivity contribution >= 4 is 39.4 Å². The Labute approximate surface area is 199 Å². The Morgan fingerprint density at radius 1 is 0.500 bits per heavy atom. The van der Waals surface area contributed by atoms with Gasteiger partial charge in [-0.2, -0.15) is 0 Å². The van der Waals surface area contributed by atoms with Crippen LogP contribution in [0.2, 0.25) is 0 Å². The Balaban J connectivity index is 1.90. The molecular formula is C21H15O12Sb. The van der Waals surface area contributed by atoms with E-state index in [1.807, 2.05) is 0 Å². The van der Waals surface area contributed by atoms with Crippen molar-refractivity contribution < 1.29 is 54.1 Å². The Kier molecular flexibility index (Phi) is 7.22. The molecule has 3 aromatic rings. The number of carbonyl (C=O) groups is 3. The molecule has 0 bridgehead atoms. The van der Waals surface area contributed by atoms with Gasteiger partial charge in [0.1, 0.15) is 0 Å². The fraction of sp³-hybridized carbons (Fsp3) is 0. The van der Waals surface area contributed by atoms with Crippen LogP contribution in [0.5, 0.6) is 34.5 Å². The van der Waals surface area contributed by atoms with Crippen molar-refractivity contribution in [3.8, 4) is 34.5 Å². The second kappa shape index (κ2) is 10.1. The van der Waals surface area contributed by atoms with Crippen LogP contribution < -0.4 is 0 Å². The molecule has 0 aliphatic rings. The molecular weight excluding hydrogens is 566 g/mol. The number of para-hydroxylation sites is 3. The van der Waals surface area contributed by atoms with Crippen molar-refractivity contribution in [1.82, 2.24) is 0 Å². The van der Waals surface area contributed by atoms with Crippen LogP contribution in [0.3, 0.4) is 0 Å². The predicted octanol–water partition coefficient (Wildman–Crippen LogP) is 1.78. The Hall–Kier alpha value is -4.31. The fourth-order valence-corrected chi connectivity index (χ4v) is 4.82. The number of hydrogen-bond donors (Lipinski definition) is 6. The van der Waals surface area contributed by atoms with Gasteiger partial charge in [-0.3, -0.25) is 0 Å². The van der Waals surface area contributed by atoms with Crippen molar-refractivity contribution in [3.05, 3.63) is 71.3 Å². The molecule has 6 N–H and O–H groups in total. The summed E-state index contributed by atoms with van der Waals surface area (Å²) in [5.41, 5.74) is -1.62. The van der Waals surface area contributed by atoms with Crippen molar-refractivity contribution in [2.24, 2.45) is 0 Å². The number of rotatable bonds is 6. The van der Waals surface area contributed by atoms with Crippen LogP contribution in [-0.4, -0.2) is 70.0 Å². The molecule has 0 radical (unpaired) electrons. The van der Waals surface area contributed by atoms with E-state index in [1.54, 1.807) is 0 Å². The summed E-state index contributed by atoms with van der Waals surface area (Å²) in [6.45, 7) is 0. The van der Waals surface area contributed by atoms with Gasteiger partial charge in [0.25, 0.3) is 0 Å². The molecule has 0 amide bonds. The van der Waals surface area contributed by atoms with E-state index in [2.05, 4.69) is 0 Å². The van der Waals surface area contributed by atoms with Crippen molar-refractivity contribution in [2.75, 3.05) is 0 Å². The van der Waals surface area contributed by atoms with E-state index in [-0.39, 0.29) is 0 Å². The number of aromatic hydroxyl groups is 6. The molecule has 3 rings (SSSR count). The van der Waals surface area contributed by atoms with Gasteiger partial charge >= 0.3 is 199 Å². The molecule has 0 aliphatic carbocycles. The summed E-state index contributed by atoms with van der Waals surface area (Å²) >= 11 is -4.70. The monoisotopic (exact) mass is 580 g/mol. The SMILES string of the molecule is O=C([O][Sb]([O]C(=O)c1cccc(O)c1O)[O]C(=O)c1cccc(O)c1O)c1cccc(O)c1O. The third-order valence-corrected chi connectivity index (χ3v) is 6.87. The second-order valence-electron chi connectivity index (χ2n) is 6.38. The summed E-state index contributed by atoms with van der Waals surface area (Å²) in [6, 6.07) is 10.1. The molecule has 34 heavy (non-hydrogen) atoms. The third-order valence-electron chi connectivity index (χ3n) is 4.18. The fourth-order valence-electron chi connectivity index (χ4n) is 2.49. The number of phenolic OH excluding ortho intramolecular Hbond substituents is 6. The first-order valence-corrected chi connectivity index (χ1v) is 12.2. The maximum absolute atomic E-state index is 12.5. The predicted molar refractivity (Wildman–Crippen MR) is 111 cm³/mol. The first-order valence-electron chi connectivity index (χ1n) is 9.10. The van der Waals surface area contributed by atoms with Gasteiger partial charge in [0.05, 0.1) is 0 Å². The Bertz CT molecular complexity index is 1120. The Morgan fingerprint density at radius 2 is 0.765 bits per heavy atom. The summed E-state index contributed by atoms with van der Waals surface area (Å²) in [5, 5.41) is 58.3. The number of hydrogen-bond acceptors (Lipinski definition) is 12. The molecule has 0 atom stereocenters. The van der Waals surface area contributed by atoms with Crippen LogP contribution in [0.4, 0.5) is 0 Å². The zero-order valence-electron chi connectivity index (χ0n) is 16.8. The zero-order chi connectivity index (χ0) is 25.0. The van der Waals surface area contributed by atoms with E-state index < -0.39 is 90.6 Å². The van der Waals surface area contributed by atoms with Gasteiger partial charge in [-0.1, -0.05) is 0 Å². The molecule has 3 aromatic carbocycles. The molecule has 0 aromatic heterocycles. The van der Waals surface area contributed by atoms with E-state index in [9.17, 15) is 45.0 Å². The number of carbonyl (C=O) groups excluding carboxylic acids is 3. The molecule has 176 valence electrons. The minimum atomic E-state index is -4.70. The minimum absolute atomic E-state index is 0.540. The topological polar surface area (TPSA) is 200 Å². The van der Waals surface area contributed by atoms with Crippen LogP contribution in [0, 0.1) is 0 Å². The van der Waals surface area contributed by atoms with E-state index in [0.717, 1.165) is 36.4 Å². The molecule has 0 heterocycles. The van der Waals surface area contributed by atoms with Crippen LogP contribution in [0.1, 0.15) is 31.1 Å². The summed E-state index contributed by atoms with van der Waals surface area (Å²) in [4.78, 5) is 37.5. The molecule has 0 saturated heterocycles. The van der Waals surface area contributed by atoms with E-state index in [1.165, 1.54) is 18.2 Å². The van der Waals surface area contributed by atoms with Crippen LogP contribution >= 0.6 is 0 Å². The van der Waals surface area contributed by atoms with Gasteiger partial charge in [-0.25, -0.2) is 0 Å². The van der Waals surface area contributed by atoms with E-state index in [4.69, 9.17) is 9.05 Å². The number of phenols is 6. The standard InChI is InChI=1S/3C7H6O4.Sb/c3*8-5-3-1-2-4(6(5)9)7(10)11;/h3*1-3,8-9H,(H,10,11);/q;;;+3/p-3. The average molecular weight is 581 g/mol. The summed E-state index contributed by atoms with van der Waals surface area (Å²) in [7, 11) is 0. The summed E-state index contributed by atoms with van der Waals surface area (Å²) in [6.07, 6.45) is 0. The molecule has 0 unspecified atom stereocenters. The molecule has 0 saturated carbocycles. The molecule has 0 aliphatic heterocycles. The first kappa shape index (κ1) is 24.3. The van der Waals surface area contributed by atoms with Crippen molar-refractivity contribution in [1.29, 1.82) is 0 Å². The quantitative estimate of drug-likeness (QED) is 0.182. The van der Waals surface area contributed by atoms with Gasteiger partial charge in [-0.05, 0) is 0 Å². The molecule has 0 fully saturated rings. The average Bonchev–Trinajstić information content (AvgIpc) is 2.79. The van der Waals surface area contributed by atoms with Crippen LogP contribution in [0.25, 0.3) is 0 Å². The number of benzene rings is 3.